The molecule has 6 heteroatoms. The quantitative estimate of drug-likeness (QED) is 0.640. The van der Waals surface area contributed by atoms with E-state index in [4.69, 9.17) is 11.6 Å². The molecule has 0 spiro atoms. The van der Waals surface area contributed by atoms with Crippen LogP contribution in [0.15, 0.2) is 10.7 Å². The Morgan fingerprint density at radius 2 is 2.06 bits per heavy atom. The Bertz CT molecular complexity index is 586. The molecule has 92 valence electrons. The number of nitrogens with one attached hydrogen (secondary N) is 2. The van der Waals surface area contributed by atoms with Gasteiger partial charge in [-0.1, -0.05) is 18.5 Å². The molecule has 0 aromatic heterocycles. The molecule has 3 aliphatic rings. The Balaban J connectivity index is 2.39. The summed E-state index contributed by atoms with van der Waals surface area (Å²) in [4.78, 5) is 12.3. The molecular formula is C12H11ClN4O. The lowest BCUT2D eigenvalue weighted by molar-refractivity contribution is -0.125. The summed E-state index contributed by atoms with van der Waals surface area (Å²) in [6.07, 6.45) is 2.31. The highest BCUT2D eigenvalue weighted by atomic mass is 35.5. The van der Waals surface area contributed by atoms with Gasteiger partial charge in [0.15, 0.2) is 5.41 Å². The number of nitriles is 2. The van der Waals surface area contributed by atoms with Crippen molar-refractivity contribution in [1.82, 2.24) is 10.6 Å². The molecule has 3 atom stereocenters. The van der Waals surface area contributed by atoms with Gasteiger partial charge in [-0.25, -0.2) is 0 Å². The minimum absolute atomic E-state index is 0.0432. The van der Waals surface area contributed by atoms with E-state index in [1.165, 1.54) is 0 Å². The molecule has 1 saturated heterocycles. The topological polar surface area (TPSA) is 88.7 Å². The molecule has 2 fully saturated rings. The molecule has 2 N–H and O–H groups in total. The van der Waals surface area contributed by atoms with Crippen molar-refractivity contribution in [3.8, 4) is 12.1 Å². The van der Waals surface area contributed by atoms with Crippen LogP contribution in [0, 0.1) is 33.5 Å². The van der Waals surface area contributed by atoms with Gasteiger partial charge < -0.3 is 10.6 Å². The van der Waals surface area contributed by atoms with Gasteiger partial charge in [0.1, 0.15) is 16.9 Å². The van der Waals surface area contributed by atoms with E-state index in [1.54, 1.807) is 0 Å². The zero-order valence-electron chi connectivity index (χ0n) is 9.80. The summed E-state index contributed by atoms with van der Waals surface area (Å²) in [5, 5.41) is 24.9. The zero-order chi connectivity index (χ0) is 13.2. The molecule has 2 bridgehead atoms. The molecule has 18 heavy (non-hydrogen) atoms. The van der Waals surface area contributed by atoms with Gasteiger partial charge in [0.25, 0.3) is 0 Å². The third-order valence-corrected chi connectivity index (χ3v) is 5.15. The largest absolute Gasteiger partial charge is 0.352 e. The van der Waals surface area contributed by atoms with Crippen LogP contribution in [0.2, 0.25) is 0 Å². The standard InChI is InChI=1S/C12H11ClN4O/c1-10-3-2-4-12(10)16-8(13)7(5-14)11(10,6-15)9(18)17-12/h16H,2-4H2,1H3,(H,17,18). The first kappa shape index (κ1) is 11.4. The van der Waals surface area contributed by atoms with Gasteiger partial charge in [-0.2, -0.15) is 10.5 Å². The Morgan fingerprint density at radius 3 is 2.67 bits per heavy atom. The molecule has 1 amide bonds. The van der Waals surface area contributed by atoms with Crippen molar-refractivity contribution < 1.29 is 4.79 Å². The molecule has 0 aromatic carbocycles. The number of amides is 1. The third kappa shape index (κ3) is 0.824. The first-order valence-electron chi connectivity index (χ1n) is 5.80. The lowest BCUT2D eigenvalue weighted by Crippen LogP contribution is -2.62. The maximum atomic E-state index is 12.3. The predicted molar refractivity (Wildman–Crippen MR) is 62.5 cm³/mol. The average Bonchev–Trinajstić information content (AvgIpc) is 2.67. The first-order chi connectivity index (χ1) is 8.47. The van der Waals surface area contributed by atoms with Crippen LogP contribution in [0.25, 0.3) is 0 Å². The van der Waals surface area contributed by atoms with Crippen molar-refractivity contribution in [1.29, 1.82) is 10.5 Å². The highest BCUT2D eigenvalue weighted by molar-refractivity contribution is 6.30. The van der Waals surface area contributed by atoms with Gasteiger partial charge in [0, 0.05) is 5.41 Å². The maximum Gasteiger partial charge on any atom is 0.248 e. The van der Waals surface area contributed by atoms with E-state index in [0.29, 0.717) is 12.8 Å². The molecule has 3 rings (SSSR count). The zero-order valence-corrected chi connectivity index (χ0v) is 10.6. The van der Waals surface area contributed by atoms with Gasteiger partial charge in [-0.3, -0.25) is 4.79 Å². The molecule has 1 aliphatic carbocycles. The van der Waals surface area contributed by atoms with Crippen molar-refractivity contribution in [3.63, 3.8) is 0 Å². The average molecular weight is 263 g/mol. The summed E-state index contributed by atoms with van der Waals surface area (Å²) in [7, 11) is 0. The third-order valence-electron chi connectivity index (χ3n) is 4.86. The molecule has 2 heterocycles. The molecule has 1 saturated carbocycles. The van der Waals surface area contributed by atoms with Gasteiger partial charge in [0.2, 0.25) is 5.91 Å². The molecular weight excluding hydrogens is 252 g/mol. The summed E-state index contributed by atoms with van der Waals surface area (Å²) in [5.41, 5.74) is -2.73. The summed E-state index contributed by atoms with van der Waals surface area (Å²) < 4.78 is 0. The van der Waals surface area contributed by atoms with Gasteiger partial charge in [-0.15, -0.1) is 0 Å². The van der Waals surface area contributed by atoms with Crippen molar-refractivity contribution in [2.75, 3.05) is 0 Å². The van der Waals surface area contributed by atoms with Crippen LogP contribution in [0.1, 0.15) is 26.2 Å². The monoisotopic (exact) mass is 262 g/mol. The summed E-state index contributed by atoms with van der Waals surface area (Å²) in [5.74, 6) is -0.410. The fourth-order valence-corrected chi connectivity index (χ4v) is 4.19. The Hall–Kier alpha value is -1.72. The van der Waals surface area contributed by atoms with Crippen LogP contribution < -0.4 is 10.6 Å². The van der Waals surface area contributed by atoms with Crippen molar-refractivity contribution in [2.24, 2.45) is 10.8 Å². The van der Waals surface area contributed by atoms with Gasteiger partial charge in [0.05, 0.1) is 11.6 Å². The second-order valence-electron chi connectivity index (χ2n) is 5.33. The van der Waals surface area contributed by atoms with Crippen LogP contribution in [0.5, 0.6) is 0 Å². The predicted octanol–water partition coefficient (Wildman–Crippen LogP) is 1.09. The highest BCUT2D eigenvalue weighted by Gasteiger charge is 2.76. The van der Waals surface area contributed by atoms with E-state index in [-0.39, 0.29) is 10.7 Å². The van der Waals surface area contributed by atoms with Gasteiger partial charge >= 0.3 is 0 Å². The van der Waals surface area contributed by atoms with E-state index >= 15 is 0 Å². The van der Waals surface area contributed by atoms with E-state index < -0.39 is 22.4 Å². The molecule has 0 aromatic rings. The minimum atomic E-state index is -1.46. The summed E-state index contributed by atoms with van der Waals surface area (Å²) in [6, 6.07) is 4.02. The number of carbonyl (C=O) groups excluding carboxylic acids is 1. The second-order valence-corrected chi connectivity index (χ2v) is 5.71. The summed E-state index contributed by atoms with van der Waals surface area (Å²) >= 11 is 6.07. The number of hydrogen-bond donors (Lipinski definition) is 2. The number of rotatable bonds is 0. The van der Waals surface area contributed by atoms with E-state index in [1.807, 2.05) is 13.0 Å². The lowest BCUT2D eigenvalue weighted by Gasteiger charge is -2.46. The SMILES string of the molecule is CC12CCCC13NC(=O)C2(C#N)C(C#N)=C(Cl)N3. The van der Waals surface area contributed by atoms with Gasteiger partial charge in [-0.05, 0) is 19.3 Å². The van der Waals surface area contributed by atoms with Crippen molar-refractivity contribution in [3.05, 3.63) is 10.7 Å². The van der Waals surface area contributed by atoms with Crippen LogP contribution >= 0.6 is 11.6 Å². The maximum absolute atomic E-state index is 12.3. The molecule has 0 radical (unpaired) electrons. The van der Waals surface area contributed by atoms with Crippen LogP contribution in [0.4, 0.5) is 0 Å². The van der Waals surface area contributed by atoms with Crippen LogP contribution in [-0.2, 0) is 4.79 Å². The van der Waals surface area contributed by atoms with E-state index in [2.05, 4.69) is 16.7 Å². The highest BCUT2D eigenvalue weighted by Crippen LogP contribution is 2.65. The number of halogens is 1. The molecule has 3 unspecified atom stereocenters. The number of hydrogen-bond acceptors (Lipinski definition) is 4. The Morgan fingerprint density at radius 1 is 1.33 bits per heavy atom. The smallest absolute Gasteiger partial charge is 0.248 e. The van der Waals surface area contributed by atoms with Crippen molar-refractivity contribution >= 4 is 17.5 Å². The number of nitrogens with zero attached hydrogens (tertiary/aromatic N) is 2. The van der Waals surface area contributed by atoms with Crippen molar-refractivity contribution in [2.45, 2.75) is 31.8 Å². The normalized spacial score (nSPS) is 44.8. The molecule has 2 aliphatic heterocycles. The fraction of sp³-hybridized carbons (Fsp3) is 0.583. The second kappa shape index (κ2) is 2.99. The van der Waals surface area contributed by atoms with E-state index in [9.17, 15) is 15.3 Å². The van der Waals surface area contributed by atoms with E-state index in [0.717, 1.165) is 6.42 Å². The van der Waals surface area contributed by atoms with Crippen LogP contribution in [-0.4, -0.2) is 11.6 Å². The summed E-state index contributed by atoms with van der Waals surface area (Å²) in [6.45, 7) is 1.88. The Labute approximate surface area is 109 Å². The fourth-order valence-electron chi connectivity index (χ4n) is 3.84. The number of carbonyl (C=O) groups is 1. The minimum Gasteiger partial charge on any atom is -0.352 e. The molecule has 5 nitrogen and oxygen atoms in total. The lowest BCUT2D eigenvalue weighted by atomic mass is 9.58. The first-order valence-corrected chi connectivity index (χ1v) is 6.18. The Kier molecular flexibility index (Phi) is 1.89. The van der Waals surface area contributed by atoms with Crippen LogP contribution in [0.3, 0.4) is 0 Å².